The van der Waals surface area contributed by atoms with Gasteiger partial charge in [0.05, 0.1) is 0 Å². The first-order valence-electron chi connectivity index (χ1n) is 4.45. The van der Waals surface area contributed by atoms with E-state index in [0.29, 0.717) is 6.42 Å². The third-order valence-corrected chi connectivity index (χ3v) is 2.90. The van der Waals surface area contributed by atoms with Crippen LogP contribution in [0, 0.1) is 6.92 Å². The second-order valence-electron chi connectivity index (χ2n) is 3.09. The smallest absolute Gasteiger partial charge is 0.163 e. The molecule has 0 aromatic heterocycles. The van der Waals surface area contributed by atoms with Crippen LogP contribution in [0.1, 0.15) is 35.7 Å². The Morgan fingerprint density at radius 1 is 1.46 bits per heavy atom. The summed E-state index contributed by atoms with van der Waals surface area (Å²) >= 11 is 3.41. The van der Waals surface area contributed by atoms with Gasteiger partial charge in [-0.3, -0.25) is 4.79 Å². The van der Waals surface area contributed by atoms with E-state index in [1.165, 1.54) is 0 Å². The molecule has 0 aliphatic rings. The zero-order valence-corrected chi connectivity index (χ0v) is 9.52. The molecule has 1 nitrogen and oxygen atoms in total. The van der Waals surface area contributed by atoms with Gasteiger partial charge in [-0.2, -0.15) is 0 Å². The van der Waals surface area contributed by atoms with E-state index in [9.17, 15) is 4.79 Å². The van der Waals surface area contributed by atoms with Crippen molar-refractivity contribution in [2.75, 3.05) is 0 Å². The van der Waals surface area contributed by atoms with Crippen molar-refractivity contribution in [2.45, 2.75) is 26.7 Å². The molecule has 70 valence electrons. The number of rotatable bonds is 3. The van der Waals surface area contributed by atoms with Gasteiger partial charge in [0.15, 0.2) is 5.78 Å². The third kappa shape index (κ3) is 2.41. The largest absolute Gasteiger partial charge is 0.294 e. The molecule has 0 saturated carbocycles. The lowest BCUT2D eigenvalue weighted by Gasteiger charge is -2.05. The number of halogens is 1. The van der Waals surface area contributed by atoms with Gasteiger partial charge in [0, 0.05) is 16.5 Å². The minimum Gasteiger partial charge on any atom is -0.294 e. The summed E-state index contributed by atoms with van der Waals surface area (Å²) in [6, 6.07) is 5.75. The van der Waals surface area contributed by atoms with Crippen LogP contribution in [0.5, 0.6) is 0 Å². The number of carbonyl (C=O) groups is 1. The van der Waals surface area contributed by atoms with Gasteiger partial charge < -0.3 is 0 Å². The molecule has 0 atom stereocenters. The van der Waals surface area contributed by atoms with Crippen molar-refractivity contribution >= 4 is 21.7 Å². The van der Waals surface area contributed by atoms with E-state index in [1.54, 1.807) is 0 Å². The van der Waals surface area contributed by atoms with Gasteiger partial charge in [-0.1, -0.05) is 35.0 Å². The lowest BCUT2D eigenvalue weighted by molar-refractivity contribution is 0.0981. The fraction of sp³-hybridized carbons (Fsp3) is 0.364. The SMILES string of the molecule is CCCC(=O)c1cccc(Br)c1C. The summed E-state index contributed by atoms with van der Waals surface area (Å²) in [6.07, 6.45) is 1.54. The summed E-state index contributed by atoms with van der Waals surface area (Å²) in [5.74, 6) is 0.237. The van der Waals surface area contributed by atoms with E-state index in [-0.39, 0.29) is 5.78 Å². The molecule has 0 saturated heterocycles. The Kier molecular flexibility index (Phi) is 3.67. The lowest BCUT2D eigenvalue weighted by atomic mass is 10.0. The molecule has 1 aromatic carbocycles. The molecule has 0 unspecified atom stereocenters. The van der Waals surface area contributed by atoms with E-state index in [2.05, 4.69) is 15.9 Å². The van der Waals surface area contributed by atoms with Gasteiger partial charge in [-0.15, -0.1) is 0 Å². The number of hydrogen-bond acceptors (Lipinski definition) is 1. The molecule has 1 rings (SSSR count). The Morgan fingerprint density at radius 3 is 2.77 bits per heavy atom. The van der Waals surface area contributed by atoms with E-state index >= 15 is 0 Å². The maximum Gasteiger partial charge on any atom is 0.163 e. The van der Waals surface area contributed by atoms with Crippen LogP contribution in [0.2, 0.25) is 0 Å². The molecule has 13 heavy (non-hydrogen) atoms. The average Bonchev–Trinajstić information content (AvgIpc) is 2.10. The molecule has 0 heterocycles. The summed E-state index contributed by atoms with van der Waals surface area (Å²) in [4.78, 5) is 11.6. The topological polar surface area (TPSA) is 17.1 Å². The van der Waals surface area contributed by atoms with Crippen molar-refractivity contribution in [1.82, 2.24) is 0 Å². The number of benzene rings is 1. The molecule has 0 aliphatic carbocycles. The lowest BCUT2D eigenvalue weighted by Crippen LogP contribution is -2.01. The highest BCUT2D eigenvalue weighted by Gasteiger charge is 2.08. The normalized spacial score (nSPS) is 10.1. The van der Waals surface area contributed by atoms with Crippen molar-refractivity contribution in [3.8, 4) is 0 Å². The number of hydrogen-bond donors (Lipinski definition) is 0. The van der Waals surface area contributed by atoms with Crippen LogP contribution in [-0.4, -0.2) is 5.78 Å². The maximum absolute atomic E-state index is 11.6. The average molecular weight is 241 g/mol. The van der Waals surface area contributed by atoms with Crippen LogP contribution in [0.25, 0.3) is 0 Å². The molecule has 0 aliphatic heterocycles. The predicted molar refractivity (Wildman–Crippen MR) is 58.1 cm³/mol. The molecule has 1 aromatic rings. The maximum atomic E-state index is 11.6. The first-order valence-corrected chi connectivity index (χ1v) is 5.24. The monoisotopic (exact) mass is 240 g/mol. The summed E-state index contributed by atoms with van der Waals surface area (Å²) in [7, 11) is 0. The second-order valence-corrected chi connectivity index (χ2v) is 3.94. The highest BCUT2D eigenvalue weighted by atomic mass is 79.9. The molecule has 0 spiro atoms. The molecular weight excluding hydrogens is 228 g/mol. The van der Waals surface area contributed by atoms with Crippen molar-refractivity contribution in [3.63, 3.8) is 0 Å². The van der Waals surface area contributed by atoms with Crippen LogP contribution in [0.3, 0.4) is 0 Å². The second kappa shape index (κ2) is 4.56. The molecule has 0 fully saturated rings. The summed E-state index contributed by atoms with van der Waals surface area (Å²) in [5, 5.41) is 0. The van der Waals surface area contributed by atoms with Crippen LogP contribution in [0.15, 0.2) is 22.7 Å². The Bertz CT molecular complexity index is 318. The Morgan fingerprint density at radius 2 is 2.15 bits per heavy atom. The zero-order chi connectivity index (χ0) is 9.84. The highest BCUT2D eigenvalue weighted by molar-refractivity contribution is 9.10. The first kappa shape index (κ1) is 10.5. The van der Waals surface area contributed by atoms with Crippen LogP contribution < -0.4 is 0 Å². The molecule has 2 heteroatoms. The highest BCUT2D eigenvalue weighted by Crippen LogP contribution is 2.20. The fourth-order valence-electron chi connectivity index (χ4n) is 1.27. The standard InChI is InChI=1S/C11H13BrO/c1-3-5-11(13)9-6-4-7-10(12)8(9)2/h4,6-7H,3,5H2,1-2H3. The van der Waals surface area contributed by atoms with Gasteiger partial charge in [0.2, 0.25) is 0 Å². The molecule has 0 bridgehead atoms. The van der Waals surface area contributed by atoms with Crippen LogP contribution in [0.4, 0.5) is 0 Å². The zero-order valence-electron chi connectivity index (χ0n) is 7.93. The quantitative estimate of drug-likeness (QED) is 0.736. The first-order chi connectivity index (χ1) is 6.16. The number of Topliss-reactive ketones (excluding diaryl/α,β-unsaturated/α-hetero) is 1. The van der Waals surface area contributed by atoms with Gasteiger partial charge in [0.25, 0.3) is 0 Å². The Labute approximate surface area is 87.3 Å². The van der Waals surface area contributed by atoms with Crippen molar-refractivity contribution < 1.29 is 4.79 Å². The van der Waals surface area contributed by atoms with Gasteiger partial charge in [-0.25, -0.2) is 0 Å². The molecular formula is C11H13BrO. The molecule has 0 radical (unpaired) electrons. The number of ketones is 1. The van der Waals surface area contributed by atoms with Crippen LogP contribution in [-0.2, 0) is 0 Å². The molecule has 0 amide bonds. The van der Waals surface area contributed by atoms with Gasteiger partial charge >= 0.3 is 0 Å². The van der Waals surface area contributed by atoms with Crippen molar-refractivity contribution in [2.24, 2.45) is 0 Å². The Balaban J connectivity index is 3.01. The molecule has 0 N–H and O–H groups in total. The van der Waals surface area contributed by atoms with E-state index in [4.69, 9.17) is 0 Å². The number of carbonyl (C=O) groups excluding carboxylic acids is 1. The summed E-state index contributed by atoms with van der Waals surface area (Å²) in [5.41, 5.74) is 1.89. The van der Waals surface area contributed by atoms with Gasteiger partial charge in [-0.05, 0) is 25.0 Å². The van der Waals surface area contributed by atoms with Crippen LogP contribution >= 0.6 is 15.9 Å². The van der Waals surface area contributed by atoms with E-state index in [1.807, 2.05) is 32.0 Å². The predicted octanol–water partition coefficient (Wildman–Crippen LogP) is 3.74. The van der Waals surface area contributed by atoms with E-state index in [0.717, 1.165) is 22.0 Å². The summed E-state index contributed by atoms with van der Waals surface area (Å²) < 4.78 is 1.01. The van der Waals surface area contributed by atoms with Crippen molar-refractivity contribution in [3.05, 3.63) is 33.8 Å². The minimum absolute atomic E-state index is 0.237. The van der Waals surface area contributed by atoms with Gasteiger partial charge in [0.1, 0.15) is 0 Å². The third-order valence-electron chi connectivity index (χ3n) is 2.05. The fourth-order valence-corrected chi connectivity index (χ4v) is 1.64. The Hall–Kier alpha value is -0.630. The summed E-state index contributed by atoms with van der Waals surface area (Å²) in [6.45, 7) is 3.98. The van der Waals surface area contributed by atoms with Crippen molar-refractivity contribution in [1.29, 1.82) is 0 Å². The minimum atomic E-state index is 0.237. The van der Waals surface area contributed by atoms with E-state index < -0.39 is 0 Å².